The summed E-state index contributed by atoms with van der Waals surface area (Å²) < 4.78 is 0. The quantitative estimate of drug-likeness (QED) is 0.506. The van der Waals surface area contributed by atoms with Crippen LogP contribution in [0.25, 0.3) is 0 Å². The van der Waals surface area contributed by atoms with Gasteiger partial charge in [0.15, 0.2) is 5.78 Å². The second-order valence-corrected chi connectivity index (χ2v) is 8.91. The van der Waals surface area contributed by atoms with Crippen molar-refractivity contribution in [2.75, 3.05) is 0 Å². The van der Waals surface area contributed by atoms with Crippen LogP contribution in [-0.2, 0) is 4.79 Å². The van der Waals surface area contributed by atoms with Crippen LogP contribution < -0.4 is 0 Å². The van der Waals surface area contributed by atoms with Crippen molar-refractivity contribution in [3.8, 4) is 0 Å². The smallest absolute Gasteiger partial charge is 0.159 e. The molecule has 0 saturated heterocycles. The molecule has 7 atom stereocenters. The fraction of sp³-hybridized carbons (Fsp3) is 0.842. The van der Waals surface area contributed by atoms with E-state index in [9.17, 15) is 15.0 Å². The van der Waals surface area contributed by atoms with Crippen LogP contribution in [0.15, 0.2) is 11.6 Å². The third-order valence-corrected chi connectivity index (χ3v) is 7.67. The number of aliphatic hydroxyl groups is 2. The topological polar surface area (TPSA) is 57.5 Å². The first-order valence-corrected chi connectivity index (χ1v) is 8.94. The molecule has 0 spiro atoms. The van der Waals surface area contributed by atoms with E-state index < -0.39 is 0 Å². The summed E-state index contributed by atoms with van der Waals surface area (Å²) in [6.07, 6.45) is 7.80. The van der Waals surface area contributed by atoms with Gasteiger partial charge < -0.3 is 10.2 Å². The van der Waals surface area contributed by atoms with E-state index in [-0.39, 0.29) is 78.8 Å². The van der Waals surface area contributed by atoms with E-state index in [1.165, 1.54) is 5.57 Å². The van der Waals surface area contributed by atoms with Gasteiger partial charge in [0.25, 0.3) is 0 Å². The van der Waals surface area contributed by atoms with Gasteiger partial charge in [-0.1, -0.05) is 19.4 Å². The van der Waals surface area contributed by atoms with E-state index in [1.54, 1.807) is 0 Å². The van der Waals surface area contributed by atoms with Crippen molar-refractivity contribution in [3.05, 3.63) is 11.6 Å². The van der Waals surface area contributed by atoms with E-state index in [1.807, 2.05) is 6.08 Å². The van der Waals surface area contributed by atoms with Crippen molar-refractivity contribution >= 4 is 5.78 Å². The van der Waals surface area contributed by atoms with Crippen LogP contribution in [0.5, 0.6) is 0 Å². The average molecular weight is 531 g/mol. The minimum absolute atomic E-state index is 0. The van der Waals surface area contributed by atoms with E-state index in [0.717, 1.165) is 38.5 Å². The molecule has 4 aliphatic carbocycles. The summed E-state index contributed by atoms with van der Waals surface area (Å²) in [5, 5.41) is 20.2. The molecule has 4 heteroatoms. The minimum atomic E-state index is -0.272. The molecule has 0 aromatic rings. The van der Waals surface area contributed by atoms with Crippen molar-refractivity contribution in [1.82, 2.24) is 0 Å². The molecule has 0 amide bonds. The molecule has 3 fully saturated rings. The molecule has 3 saturated carbocycles. The van der Waals surface area contributed by atoms with Crippen LogP contribution in [-0.4, -0.2) is 28.2 Å². The molecule has 125 valence electrons. The van der Waals surface area contributed by atoms with Gasteiger partial charge in [-0.2, -0.15) is 0 Å². The summed E-state index contributed by atoms with van der Waals surface area (Å²) in [7, 11) is 0. The number of carbonyl (C=O) groups is 1. The molecule has 4 rings (SSSR count). The van der Waals surface area contributed by atoms with Crippen LogP contribution in [0.2, 0.25) is 0 Å². The first-order chi connectivity index (χ1) is 10.3. The van der Waals surface area contributed by atoms with Crippen LogP contribution in [0.4, 0.5) is 0 Å². The largest absolute Gasteiger partial charge is 0.393 e. The van der Waals surface area contributed by atoms with Crippen molar-refractivity contribution in [1.29, 1.82) is 0 Å². The first-order valence-electron chi connectivity index (χ1n) is 8.94. The maximum atomic E-state index is 12.9. The Kier molecular flexibility index (Phi) is 4.99. The monoisotopic (exact) mass is 531 g/mol. The molecule has 0 aliphatic heterocycles. The number of rotatable bonds is 0. The van der Waals surface area contributed by atoms with Gasteiger partial charge in [-0.3, -0.25) is 4.79 Å². The van der Waals surface area contributed by atoms with E-state index in [2.05, 4.69) is 13.8 Å². The first kappa shape index (κ1) is 18.6. The standard InChI is InChI=1S/C19H28O3.Ac/c1-18-5-4-14-17(15(18)9-13(21)10-18)16(22)8-11-7-12(20)3-6-19(11,14)2;/h8,12-15,17,20-21H,3-7,9-10H2,1-2H3;. The summed E-state index contributed by atoms with van der Waals surface area (Å²) in [5.41, 5.74) is 1.43. The molecule has 2 N–H and O–H groups in total. The fourth-order valence-corrected chi connectivity index (χ4v) is 6.41. The van der Waals surface area contributed by atoms with Crippen LogP contribution >= 0.6 is 0 Å². The Bertz CT molecular complexity index is 545. The number of hydrogen-bond donors (Lipinski definition) is 2. The second-order valence-electron chi connectivity index (χ2n) is 8.91. The van der Waals surface area contributed by atoms with Gasteiger partial charge in [0.1, 0.15) is 0 Å². The molecular formula is C19H28AcO3. The Morgan fingerprint density at radius 2 is 1.83 bits per heavy atom. The zero-order valence-corrected chi connectivity index (χ0v) is 19.0. The number of allylic oxidation sites excluding steroid dienone is 1. The van der Waals surface area contributed by atoms with Gasteiger partial charge >= 0.3 is 0 Å². The van der Waals surface area contributed by atoms with Crippen LogP contribution in [0.3, 0.4) is 0 Å². The third-order valence-electron chi connectivity index (χ3n) is 7.67. The molecule has 4 aliphatic rings. The van der Waals surface area contributed by atoms with Crippen LogP contribution in [0.1, 0.15) is 58.8 Å². The Labute approximate surface area is 174 Å². The zero-order chi connectivity index (χ0) is 15.7. The molecule has 3 nitrogen and oxygen atoms in total. The number of carbonyl (C=O) groups excluding carboxylic acids is 1. The third kappa shape index (κ3) is 2.75. The number of fused-ring (bicyclic) bond motifs is 5. The van der Waals surface area contributed by atoms with Crippen molar-refractivity contribution in [2.24, 2.45) is 28.6 Å². The normalized spacial score (nSPS) is 51.9. The molecule has 0 heterocycles. The predicted molar refractivity (Wildman–Crippen MR) is 84.1 cm³/mol. The Morgan fingerprint density at radius 1 is 1.09 bits per heavy atom. The SMILES string of the molecule is CC12CCC3C(C(=O)C=C4CC(O)CCC43C)C1CC(O)C2.[Ac]. The second kappa shape index (κ2) is 6.19. The zero-order valence-electron chi connectivity index (χ0n) is 14.3. The van der Waals surface area contributed by atoms with Gasteiger partial charge in [-0.05, 0) is 73.7 Å². The molecular weight excluding hydrogens is 503 g/mol. The van der Waals surface area contributed by atoms with E-state index >= 15 is 0 Å². The van der Waals surface area contributed by atoms with E-state index in [4.69, 9.17) is 0 Å². The molecule has 0 aromatic heterocycles. The predicted octanol–water partition coefficient (Wildman–Crippen LogP) is 2.85. The summed E-state index contributed by atoms with van der Waals surface area (Å²) in [4.78, 5) is 12.9. The molecule has 0 bridgehead atoms. The van der Waals surface area contributed by atoms with Gasteiger partial charge in [-0.25, -0.2) is 0 Å². The maximum Gasteiger partial charge on any atom is 0.159 e. The van der Waals surface area contributed by atoms with Gasteiger partial charge in [0.05, 0.1) is 12.2 Å². The Balaban J connectivity index is 0.00000156. The summed E-state index contributed by atoms with van der Waals surface area (Å²) in [6, 6.07) is 0. The summed E-state index contributed by atoms with van der Waals surface area (Å²) in [5.74, 6) is 1.13. The van der Waals surface area contributed by atoms with Crippen molar-refractivity contribution in [3.63, 3.8) is 0 Å². The number of hydrogen-bond acceptors (Lipinski definition) is 3. The molecule has 23 heavy (non-hydrogen) atoms. The number of ketones is 1. The Morgan fingerprint density at radius 3 is 2.57 bits per heavy atom. The van der Waals surface area contributed by atoms with Gasteiger partial charge in [0.2, 0.25) is 0 Å². The average Bonchev–Trinajstić information content (AvgIpc) is 2.75. The van der Waals surface area contributed by atoms with Gasteiger partial charge in [-0.15, -0.1) is 0 Å². The van der Waals surface area contributed by atoms with Crippen molar-refractivity contribution in [2.45, 2.75) is 71.0 Å². The molecule has 0 aromatic carbocycles. The number of aliphatic hydroxyl groups excluding tert-OH is 2. The van der Waals surface area contributed by atoms with E-state index in [0.29, 0.717) is 18.3 Å². The summed E-state index contributed by atoms with van der Waals surface area (Å²) in [6.45, 7) is 4.60. The minimum Gasteiger partial charge on any atom is -0.393 e. The summed E-state index contributed by atoms with van der Waals surface area (Å²) >= 11 is 0. The van der Waals surface area contributed by atoms with Gasteiger partial charge in [0, 0.05) is 50.0 Å². The molecule has 7 unspecified atom stereocenters. The van der Waals surface area contributed by atoms with Crippen LogP contribution in [0, 0.1) is 72.6 Å². The molecule has 1 radical (unpaired) electrons. The maximum absolute atomic E-state index is 12.9. The fourth-order valence-electron chi connectivity index (χ4n) is 6.41. The Hall–Kier alpha value is 0.772. The van der Waals surface area contributed by atoms with Crippen molar-refractivity contribution < 1.29 is 59.1 Å².